The van der Waals surface area contributed by atoms with E-state index >= 15 is 0 Å². The van der Waals surface area contributed by atoms with E-state index in [0.717, 1.165) is 68.3 Å². The van der Waals surface area contributed by atoms with Crippen LogP contribution in [-0.2, 0) is 17.8 Å². The normalized spacial score (nSPS) is 34.5. The Bertz CT molecular complexity index is 857. The zero-order chi connectivity index (χ0) is 20.8. The Labute approximate surface area is 179 Å². The topological polar surface area (TPSA) is 69.3 Å². The molecule has 1 aromatic heterocycles. The molecule has 1 N–H and O–H groups in total. The van der Waals surface area contributed by atoms with Crippen LogP contribution in [0.2, 0.25) is 0 Å². The molecule has 0 unspecified atom stereocenters. The summed E-state index contributed by atoms with van der Waals surface area (Å²) in [7, 11) is 0. The molecule has 0 aromatic carbocycles. The molecular formula is C24H36N4O2. The minimum absolute atomic E-state index is 0.0446. The lowest BCUT2D eigenvalue weighted by Crippen LogP contribution is -2.44. The van der Waals surface area contributed by atoms with Gasteiger partial charge in [-0.1, -0.05) is 13.8 Å². The van der Waals surface area contributed by atoms with Gasteiger partial charge >= 0.3 is 0 Å². The van der Waals surface area contributed by atoms with Crippen molar-refractivity contribution >= 4 is 5.91 Å². The van der Waals surface area contributed by atoms with Gasteiger partial charge in [-0.25, -0.2) is 4.98 Å². The maximum absolute atomic E-state index is 13.0. The first-order valence-corrected chi connectivity index (χ1v) is 12.1. The van der Waals surface area contributed by atoms with Crippen molar-refractivity contribution in [3.05, 3.63) is 27.4 Å². The third-order valence-electron chi connectivity index (χ3n) is 8.16. The van der Waals surface area contributed by atoms with Crippen molar-refractivity contribution in [2.45, 2.75) is 83.7 Å². The van der Waals surface area contributed by atoms with Crippen molar-refractivity contribution in [1.29, 1.82) is 0 Å². The second-order valence-corrected chi connectivity index (χ2v) is 10.5. The van der Waals surface area contributed by atoms with E-state index in [9.17, 15) is 9.59 Å². The number of hydrogen-bond acceptors (Lipinski definition) is 4. The highest BCUT2D eigenvalue weighted by Crippen LogP contribution is 2.40. The number of nitrogens with one attached hydrogen (secondary N) is 1. The third kappa shape index (κ3) is 3.95. The number of rotatable bonds is 3. The minimum atomic E-state index is 0.0446. The van der Waals surface area contributed by atoms with Crippen molar-refractivity contribution in [2.75, 3.05) is 19.6 Å². The van der Waals surface area contributed by atoms with E-state index in [1.54, 1.807) is 0 Å². The maximum Gasteiger partial charge on any atom is 0.255 e. The highest BCUT2D eigenvalue weighted by atomic mass is 16.2. The zero-order valence-corrected chi connectivity index (χ0v) is 18.5. The van der Waals surface area contributed by atoms with E-state index in [2.05, 4.69) is 23.7 Å². The Morgan fingerprint density at radius 3 is 2.60 bits per heavy atom. The highest BCUT2D eigenvalue weighted by Gasteiger charge is 2.42. The molecular weight excluding hydrogens is 376 g/mol. The van der Waals surface area contributed by atoms with Crippen LogP contribution in [-0.4, -0.2) is 51.4 Å². The van der Waals surface area contributed by atoms with Crippen LogP contribution in [0.5, 0.6) is 0 Å². The predicted molar refractivity (Wildman–Crippen MR) is 116 cm³/mol. The van der Waals surface area contributed by atoms with Crippen LogP contribution in [0.25, 0.3) is 0 Å². The summed E-state index contributed by atoms with van der Waals surface area (Å²) < 4.78 is 0. The Kier molecular flexibility index (Phi) is 5.46. The molecule has 5 rings (SSSR count). The molecule has 2 aliphatic heterocycles. The monoisotopic (exact) mass is 412 g/mol. The zero-order valence-electron chi connectivity index (χ0n) is 18.5. The van der Waals surface area contributed by atoms with Crippen LogP contribution in [0.15, 0.2) is 4.79 Å². The van der Waals surface area contributed by atoms with Gasteiger partial charge in [-0.3, -0.25) is 14.5 Å². The van der Waals surface area contributed by atoms with E-state index < -0.39 is 0 Å². The lowest BCUT2D eigenvalue weighted by atomic mass is 9.86. The fourth-order valence-corrected chi connectivity index (χ4v) is 5.88. The smallest absolute Gasteiger partial charge is 0.255 e. The van der Waals surface area contributed by atoms with Gasteiger partial charge in [0.1, 0.15) is 5.82 Å². The van der Waals surface area contributed by atoms with E-state index in [1.165, 1.54) is 25.7 Å². The first-order valence-electron chi connectivity index (χ1n) is 12.1. The summed E-state index contributed by atoms with van der Waals surface area (Å²) in [5, 5.41) is 0. The Balaban J connectivity index is 1.29. The third-order valence-corrected chi connectivity index (χ3v) is 8.16. The van der Waals surface area contributed by atoms with Gasteiger partial charge < -0.3 is 9.88 Å². The molecule has 2 saturated carbocycles. The van der Waals surface area contributed by atoms with Gasteiger partial charge in [-0.05, 0) is 56.8 Å². The van der Waals surface area contributed by atoms with Gasteiger partial charge in [0.2, 0.25) is 5.91 Å². The molecule has 6 nitrogen and oxygen atoms in total. The number of fused-ring (bicyclic) bond motifs is 1. The fourth-order valence-electron chi connectivity index (χ4n) is 5.88. The first-order chi connectivity index (χ1) is 14.5. The molecule has 1 saturated heterocycles. The summed E-state index contributed by atoms with van der Waals surface area (Å²) in [6.45, 7) is 7.81. The second kappa shape index (κ2) is 8.10. The van der Waals surface area contributed by atoms with Gasteiger partial charge in [0, 0.05) is 50.5 Å². The Hall–Kier alpha value is -1.69. The number of aromatic amines is 1. The van der Waals surface area contributed by atoms with Crippen LogP contribution in [0.4, 0.5) is 0 Å². The minimum Gasteiger partial charge on any atom is -0.342 e. The van der Waals surface area contributed by atoms with Crippen molar-refractivity contribution in [1.82, 2.24) is 19.8 Å². The number of nitrogens with zero attached hydrogens (tertiary/aromatic N) is 3. The first kappa shape index (κ1) is 20.2. The molecule has 1 amide bonds. The SMILES string of the molecule is CC1CCC(N2CCc3nc([C@@H]4CCCN(C(=O)[C@@H]5C[C@@H]5C)C4)[nH]c(=O)c3C2)CC1. The number of aromatic nitrogens is 2. The molecule has 2 aliphatic carbocycles. The van der Waals surface area contributed by atoms with Crippen molar-refractivity contribution < 1.29 is 4.79 Å². The van der Waals surface area contributed by atoms with Crippen LogP contribution in [0.3, 0.4) is 0 Å². The van der Waals surface area contributed by atoms with E-state index in [1.807, 2.05) is 4.90 Å². The van der Waals surface area contributed by atoms with E-state index in [0.29, 0.717) is 24.4 Å². The average molecular weight is 413 g/mol. The highest BCUT2D eigenvalue weighted by molar-refractivity contribution is 5.81. The number of H-pyrrole nitrogens is 1. The largest absolute Gasteiger partial charge is 0.342 e. The summed E-state index contributed by atoms with van der Waals surface area (Å²) in [4.78, 5) is 38.3. The van der Waals surface area contributed by atoms with Gasteiger partial charge in [0.15, 0.2) is 0 Å². The molecule has 0 radical (unpaired) electrons. The molecule has 0 bridgehead atoms. The standard InChI is InChI=1S/C24H36N4O2/c1-15-5-7-18(8-6-15)27-11-9-21-20(14-27)23(29)26-22(25-21)17-4-3-10-28(13-17)24(30)19-12-16(19)2/h15-19H,3-14H2,1-2H3,(H,25,26,29)/t15?,16-,17+,18?,19+/m0/s1. The number of carbonyl (C=O) groups excluding carboxylic acids is 1. The Morgan fingerprint density at radius 2 is 1.87 bits per heavy atom. The summed E-state index contributed by atoms with van der Waals surface area (Å²) in [6.07, 6.45) is 9.01. The molecule has 0 spiro atoms. The van der Waals surface area contributed by atoms with Crippen molar-refractivity contribution in [3.8, 4) is 0 Å². The number of likely N-dealkylation sites (tertiary alicyclic amines) is 1. The predicted octanol–water partition coefficient (Wildman–Crippen LogP) is 3.07. The second-order valence-electron chi connectivity index (χ2n) is 10.5. The Morgan fingerprint density at radius 1 is 1.10 bits per heavy atom. The summed E-state index contributed by atoms with van der Waals surface area (Å²) in [5.74, 6) is 2.89. The lowest BCUT2D eigenvalue weighted by Gasteiger charge is -2.38. The molecule has 30 heavy (non-hydrogen) atoms. The number of hydrogen-bond donors (Lipinski definition) is 1. The summed E-state index contributed by atoms with van der Waals surface area (Å²) in [5.41, 5.74) is 1.91. The molecule has 3 fully saturated rings. The van der Waals surface area contributed by atoms with Gasteiger partial charge in [0.25, 0.3) is 5.56 Å². The van der Waals surface area contributed by atoms with Gasteiger partial charge in [-0.2, -0.15) is 0 Å². The maximum atomic E-state index is 13.0. The van der Waals surface area contributed by atoms with Crippen molar-refractivity contribution in [3.63, 3.8) is 0 Å². The summed E-state index contributed by atoms with van der Waals surface area (Å²) in [6, 6.07) is 0.621. The number of carbonyl (C=O) groups is 1. The molecule has 4 aliphatic rings. The van der Waals surface area contributed by atoms with Crippen molar-refractivity contribution in [2.24, 2.45) is 17.8 Å². The van der Waals surface area contributed by atoms with Crippen LogP contribution in [0.1, 0.15) is 81.8 Å². The number of piperidine rings is 1. The molecule has 6 heteroatoms. The number of amides is 1. The summed E-state index contributed by atoms with van der Waals surface area (Å²) >= 11 is 0. The molecule has 164 valence electrons. The fraction of sp³-hybridized carbons (Fsp3) is 0.792. The molecule has 3 atom stereocenters. The molecule has 3 heterocycles. The van der Waals surface area contributed by atoms with E-state index in [4.69, 9.17) is 4.98 Å². The van der Waals surface area contributed by atoms with Gasteiger partial charge in [-0.15, -0.1) is 0 Å². The van der Waals surface area contributed by atoms with Crippen LogP contribution < -0.4 is 5.56 Å². The lowest BCUT2D eigenvalue weighted by molar-refractivity contribution is -0.134. The molecule has 1 aromatic rings. The van der Waals surface area contributed by atoms with Crippen LogP contribution >= 0.6 is 0 Å². The van der Waals surface area contributed by atoms with E-state index in [-0.39, 0.29) is 17.4 Å². The average Bonchev–Trinajstić information content (AvgIpc) is 3.50. The van der Waals surface area contributed by atoms with Gasteiger partial charge in [0.05, 0.1) is 11.3 Å². The van der Waals surface area contributed by atoms with Crippen LogP contribution in [0, 0.1) is 17.8 Å². The quantitative estimate of drug-likeness (QED) is 0.828.